The van der Waals surface area contributed by atoms with Gasteiger partial charge in [0.1, 0.15) is 5.82 Å². The molecule has 0 radical (unpaired) electrons. The summed E-state index contributed by atoms with van der Waals surface area (Å²) in [6.07, 6.45) is 2.15. The van der Waals surface area contributed by atoms with E-state index in [1.807, 2.05) is 30.3 Å². The fourth-order valence-corrected chi connectivity index (χ4v) is 2.53. The summed E-state index contributed by atoms with van der Waals surface area (Å²) in [5.74, 6) is -1.23. The third-order valence-corrected chi connectivity index (χ3v) is 3.55. The van der Waals surface area contributed by atoms with Gasteiger partial charge in [-0.1, -0.05) is 30.3 Å². The Labute approximate surface area is 132 Å². The largest absolute Gasteiger partial charge is 0.476 e. The second kappa shape index (κ2) is 5.92. The van der Waals surface area contributed by atoms with Gasteiger partial charge in [0, 0.05) is 12.6 Å². The first-order valence-electron chi connectivity index (χ1n) is 6.97. The van der Waals surface area contributed by atoms with Gasteiger partial charge in [-0.05, 0) is 17.7 Å². The normalized spacial score (nSPS) is 10.7. The molecule has 23 heavy (non-hydrogen) atoms. The molecule has 2 heterocycles. The number of carbonyl (C=O) groups is 2. The first-order chi connectivity index (χ1) is 11.1. The van der Waals surface area contributed by atoms with Crippen molar-refractivity contribution in [3.63, 3.8) is 0 Å². The number of carboxylic acids is 1. The Morgan fingerprint density at radius 2 is 1.91 bits per heavy atom. The van der Waals surface area contributed by atoms with Crippen LogP contribution in [0.25, 0.3) is 5.52 Å². The fraction of sp³-hybridized carbons (Fsp3) is 0.118. The van der Waals surface area contributed by atoms with Crippen LogP contribution < -0.4 is 0 Å². The van der Waals surface area contributed by atoms with Gasteiger partial charge in [0.15, 0.2) is 5.69 Å². The molecule has 0 bridgehead atoms. The van der Waals surface area contributed by atoms with Gasteiger partial charge in [0.05, 0.1) is 18.2 Å². The van der Waals surface area contributed by atoms with E-state index in [9.17, 15) is 14.7 Å². The summed E-state index contributed by atoms with van der Waals surface area (Å²) in [6.45, 7) is 0. The van der Waals surface area contributed by atoms with Gasteiger partial charge in [-0.2, -0.15) is 0 Å². The summed E-state index contributed by atoms with van der Waals surface area (Å²) in [4.78, 5) is 27.6. The molecule has 2 aromatic heterocycles. The number of hydrogen-bond acceptors (Lipinski definition) is 4. The number of aromatic nitrogens is 2. The number of pyridine rings is 1. The topological polar surface area (TPSA) is 80.9 Å². The van der Waals surface area contributed by atoms with Crippen LogP contribution in [0, 0.1) is 0 Å². The molecule has 3 aromatic rings. The van der Waals surface area contributed by atoms with Crippen LogP contribution in [0.2, 0.25) is 0 Å². The lowest BCUT2D eigenvalue weighted by atomic mass is 10.1. The number of nitrogens with zero attached hydrogens (tertiary/aromatic N) is 2. The average molecular weight is 310 g/mol. The highest BCUT2D eigenvalue weighted by molar-refractivity contribution is 6.04. The van der Waals surface area contributed by atoms with E-state index in [2.05, 4.69) is 4.98 Å². The number of ether oxygens (including phenoxy) is 1. The number of hydrogen-bond donors (Lipinski definition) is 1. The smallest absolute Gasteiger partial charge is 0.356 e. The van der Waals surface area contributed by atoms with Gasteiger partial charge in [-0.3, -0.25) is 0 Å². The number of benzene rings is 1. The van der Waals surface area contributed by atoms with Gasteiger partial charge in [-0.15, -0.1) is 0 Å². The minimum atomic E-state index is -1.18. The highest BCUT2D eigenvalue weighted by atomic mass is 16.5. The van der Waals surface area contributed by atoms with Crippen molar-refractivity contribution >= 4 is 17.5 Å². The molecule has 1 aromatic carbocycles. The molecule has 0 saturated heterocycles. The van der Waals surface area contributed by atoms with E-state index >= 15 is 0 Å². The molecule has 0 amide bonds. The number of carboxylic acid groups (broad SMARTS) is 1. The van der Waals surface area contributed by atoms with E-state index in [0.717, 1.165) is 5.56 Å². The van der Waals surface area contributed by atoms with Gasteiger partial charge in [-0.25, -0.2) is 14.6 Å². The molecule has 0 fully saturated rings. The Morgan fingerprint density at radius 3 is 2.57 bits per heavy atom. The Hall–Kier alpha value is -3.15. The summed E-state index contributed by atoms with van der Waals surface area (Å²) >= 11 is 0. The maximum atomic E-state index is 11.9. The zero-order valence-electron chi connectivity index (χ0n) is 12.4. The van der Waals surface area contributed by atoms with Crippen LogP contribution in [0.15, 0.2) is 48.7 Å². The molecule has 0 unspecified atom stereocenters. The second-order valence-electron chi connectivity index (χ2n) is 4.98. The van der Waals surface area contributed by atoms with Crippen molar-refractivity contribution in [3.05, 3.63) is 71.3 Å². The number of aromatic carboxylic acids is 1. The van der Waals surface area contributed by atoms with Crippen LogP contribution >= 0.6 is 0 Å². The summed E-state index contributed by atoms with van der Waals surface area (Å²) in [6, 6.07) is 12.8. The van der Waals surface area contributed by atoms with Crippen LogP contribution in [0.5, 0.6) is 0 Å². The molecule has 0 atom stereocenters. The highest BCUT2D eigenvalue weighted by Crippen LogP contribution is 2.21. The Balaban J connectivity index is 2.21. The fourth-order valence-electron chi connectivity index (χ4n) is 2.53. The van der Waals surface area contributed by atoms with E-state index in [1.54, 1.807) is 16.7 Å². The molecule has 0 saturated carbocycles. The standard InChI is InChI=1S/C17H14N2O4/c1-23-17(22)12-8-5-9-19-13(10-11-6-3-2-4-7-11)18-14(15(12)19)16(20)21/h2-9H,10H2,1H3,(H,20,21). The maximum Gasteiger partial charge on any atom is 0.356 e. The average Bonchev–Trinajstić information content (AvgIpc) is 2.94. The van der Waals surface area contributed by atoms with Crippen molar-refractivity contribution in [2.24, 2.45) is 0 Å². The van der Waals surface area contributed by atoms with E-state index < -0.39 is 11.9 Å². The van der Waals surface area contributed by atoms with Gasteiger partial charge >= 0.3 is 11.9 Å². The summed E-state index contributed by atoms with van der Waals surface area (Å²) in [7, 11) is 1.26. The Kier molecular flexibility index (Phi) is 3.80. The number of fused-ring (bicyclic) bond motifs is 1. The SMILES string of the molecule is COC(=O)c1cccn2c(Cc3ccccc3)nc(C(=O)O)c12. The number of esters is 1. The lowest BCUT2D eigenvalue weighted by Crippen LogP contribution is -2.07. The molecule has 3 rings (SSSR count). The van der Waals surface area contributed by atoms with Crippen LogP contribution in [0.1, 0.15) is 32.2 Å². The van der Waals surface area contributed by atoms with Gasteiger partial charge in [0.25, 0.3) is 0 Å². The highest BCUT2D eigenvalue weighted by Gasteiger charge is 2.22. The predicted molar refractivity (Wildman–Crippen MR) is 82.7 cm³/mol. The Morgan fingerprint density at radius 1 is 1.17 bits per heavy atom. The molecule has 0 aliphatic rings. The third-order valence-electron chi connectivity index (χ3n) is 3.55. The van der Waals surface area contributed by atoms with Crippen LogP contribution in [-0.4, -0.2) is 33.5 Å². The molecule has 1 N–H and O–H groups in total. The second-order valence-corrected chi connectivity index (χ2v) is 4.98. The lowest BCUT2D eigenvalue weighted by Gasteiger charge is -2.05. The van der Waals surface area contributed by atoms with E-state index in [-0.39, 0.29) is 16.8 Å². The summed E-state index contributed by atoms with van der Waals surface area (Å²) in [5.41, 5.74) is 1.27. The molecule has 6 heteroatoms. The quantitative estimate of drug-likeness (QED) is 0.748. The van der Waals surface area contributed by atoms with Crippen molar-refractivity contribution in [1.82, 2.24) is 9.38 Å². The first kappa shape index (κ1) is 14.8. The van der Waals surface area contributed by atoms with Crippen LogP contribution in [0.4, 0.5) is 0 Å². The minimum absolute atomic E-state index is 0.156. The molecule has 0 spiro atoms. The number of methoxy groups -OCH3 is 1. The van der Waals surface area contributed by atoms with Crippen molar-refractivity contribution in [1.29, 1.82) is 0 Å². The lowest BCUT2D eigenvalue weighted by molar-refractivity contribution is 0.0602. The molecule has 0 aliphatic carbocycles. The van der Waals surface area contributed by atoms with Gasteiger partial charge < -0.3 is 14.2 Å². The van der Waals surface area contributed by atoms with Crippen molar-refractivity contribution < 1.29 is 19.4 Å². The minimum Gasteiger partial charge on any atom is -0.476 e. The summed E-state index contributed by atoms with van der Waals surface area (Å²) in [5, 5.41) is 9.41. The number of carbonyl (C=O) groups excluding carboxylic acids is 1. The molecular weight excluding hydrogens is 296 g/mol. The van der Waals surface area contributed by atoms with Crippen LogP contribution in [-0.2, 0) is 11.2 Å². The Bertz CT molecular complexity index is 884. The van der Waals surface area contributed by atoms with Crippen molar-refractivity contribution in [2.75, 3.05) is 7.11 Å². The summed E-state index contributed by atoms with van der Waals surface area (Å²) < 4.78 is 6.36. The van der Waals surface area contributed by atoms with E-state index in [0.29, 0.717) is 12.2 Å². The zero-order valence-corrected chi connectivity index (χ0v) is 12.4. The van der Waals surface area contributed by atoms with E-state index in [1.165, 1.54) is 13.2 Å². The van der Waals surface area contributed by atoms with Crippen molar-refractivity contribution in [3.8, 4) is 0 Å². The molecule has 0 aliphatic heterocycles. The molecular formula is C17H14N2O4. The zero-order chi connectivity index (χ0) is 16.4. The van der Waals surface area contributed by atoms with E-state index in [4.69, 9.17) is 4.74 Å². The maximum absolute atomic E-state index is 11.9. The van der Waals surface area contributed by atoms with Crippen molar-refractivity contribution in [2.45, 2.75) is 6.42 Å². The predicted octanol–water partition coefficient (Wildman–Crippen LogP) is 2.41. The van der Waals surface area contributed by atoms with Crippen LogP contribution in [0.3, 0.4) is 0 Å². The number of imidazole rings is 1. The molecule has 6 nitrogen and oxygen atoms in total. The molecule has 116 valence electrons. The number of rotatable bonds is 4. The van der Waals surface area contributed by atoms with Gasteiger partial charge in [0.2, 0.25) is 0 Å². The first-order valence-corrected chi connectivity index (χ1v) is 6.97. The monoisotopic (exact) mass is 310 g/mol. The third kappa shape index (κ3) is 2.66.